The number of rotatable bonds is 8. The fourth-order valence-electron chi connectivity index (χ4n) is 6.28. The van der Waals surface area contributed by atoms with Crippen LogP contribution < -0.4 is 10.6 Å². The first-order chi connectivity index (χ1) is 15.2. The maximum Gasteiger partial charge on any atom is 0.220 e. The van der Waals surface area contributed by atoms with Gasteiger partial charge >= 0.3 is 0 Å². The average Bonchev–Trinajstić information content (AvgIpc) is 3.35. The summed E-state index contributed by atoms with van der Waals surface area (Å²) in [6.45, 7) is 7.76. The topological polar surface area (TPSA) is 87.4 Å². The van der Waals surface area contributed by atoms with Gasteiger partial charge in [0.1, 0.15) is 5.76 Å². The smallest absolute Gasteiger partial charge is 0.220 e. The van der Waals surface area contributed by atoms with Crippen molar-refractivity contribution in [1.29, 1.82) is 0 Å². The predicted octanol–water partition coefficient (Wildman–Crippen LogP) is 4.20. The molecule has 3 N–H and O–H groups in total. The zero-order chi connectivity index (χ0) is 22.8. The molecule has 0 aliphatic heterocycles. The molecule has 0 spiro atoms. The van der Waals surface area contributed by atoms with E-state index >= 15 is 0 Å². The van der Waals surface area contributed by atoms with Crippen molar-refractivity contribution in [2.75, 3.05) is 0 Å². The second-order valence-corrected chi connectivity index (χ2v) is 10.8. The van der Waals surface area contributed by atoms with Crippen LogP contribution in [0.1, 0.15) is 70.8 Å². The molecule has 2 aliphatic rings. The van der Waals surface area contributed by atoms with Gasteiger partial charge in [0.25, 0.3) is 0 Å². The molecule has 6 heteroatoms. The van der Waals surface area contributed by atoms with E-state index in [0.29, 0.717) is 24.9 Å². The molecule has 2 fully saturated rings. The average molecular weight is 440 g/mol. The highest BCUT2D eigenvalue weighted by Crippen LogP contribution is 2.63. The Kier molecular flexibility index (Phi) is 6.46. The summed E-state index contributed by atoms with van der Waals surface area (Å²) in [6.07, 6.45) is 8.28. The monoisotopic (exact) mass is 439 g/mol. The van der Waals surface area contributed by atoms with Gasteiger partial charge < -0.3 is 20.2 Å². The summed E-state index contributed by atoms with van der Waals surface area (Å²) in [5.74, 6) is 1.18. The van der Waals surface area contributed by atoms with Crippen molar-refractivity contribution in [1.82, 2.24) is 15.6 Å². The largest absolute Gasteiger partial charge is 0.467 e. The Bertz CT molecular complexity index is 894. The highest BCUT2D eigenvalue weighted by Gasteiger charge is 2.61. The fraction of sp³-hybridized carbons (Fsp3) is 0.615. The summed E-state index contributed by atoms with van der Waals surface area (Å²) >= 11 is 0. The standard InChI is InChI=1S/C26H37N3O3/c1-24(2)16-22(28-17-19-7-4-5-13-27-19)26(12-11-25(3,31)15-21(24)26)10-9-23(30)29-18-20-8-6-14-32-20/h4-8,13-14,21-22,28,31H,9-12,15-18H2,1-3H3,(H,29,30). The van der Waals surface area contributed by atoms with E-state index in [-0.39, 0.29) is 16.7 Å². The lowest BCUT2D eigenvalue weighted by molar-refractivity contribution is -0.123. The minimum absolute atomic E-state index is 0.0114. The van der Waals surface area contributed by atoms with Gasteiger partial charge in [-0.15, -0.1) is 0 Å². The molecule has 0 radical (unpaired) electrons. The van der Waals surface area contributed by atoms with Crippen LogP contribution in [-0.2, 0) is 17.9 Å². The van der Waals surface area contributed by atoms with Crippen LogP contribution in [0.15, 0.2) is 47.2 Å². The van der Waals surface area contributed by atoms with Gasteiger partial charge in [-0.25, -0.2) is 0 Å². The van der Waals surface area contributed by atoms with Crippen molar-refractivity contribution in [3.05, 3.63) is 54.2 Å². The number of nitrogens with one attached hydrogen (secondary N) is 2. The first-order valence-electron chi connectivity index (χ1n) is 11.9. The molecule has 0 bridgehead atoms. The van der Waals surface area contributed by atoms with Crippen LogP contribution in [0.2, 0.25) is 0 Å². The molecule has 2 aliphatic carbocycles. The molecule has 2 aromatic rings. The normalized spacial score (nSPS) is 31.2. The van der Waals surface area contributed by atoms with Crippen molar-refractivity contribution in [2.45, 2.75) is 84.0 Å². The van der Waals surface area contributed by atoms with E-state index in [0.717, 1.165) is 50.1 Å². The Labute approximate surface area is 191 Å². The second kappa shape index (κ2) is 8.99. The molecule has 4 rings (SSSR count). The molecule has 2 aromatic heterocycles. The Balaban J connectivity index is 1.49. The molecule has 1 amide bonds. The maximum atomic E-state index is 12.7. The zero-order valence-electron chi connectivity index (χ0n) is 19.6. The third-order valence-corrected chi connectivity index (χ3v) is 7.95. The molecule has 4 atom stereocenters. The highest BCUT2D eigenvalue weighted by atomic mass is 16.3. The summed E-state index contributed by atoms with van der Waals surface area (Å²) in [4.78, 5) is 17.2. The van der Waals surface area contributed by atoms with Crippen LogP contribution in [0.5, 0.6) is 0 Å². The number of nitrogens with zero attached hydrogens (tertiary/aromatic N) is 1. The maximum absolute atomic E-state index is 12.7. The summed E-state index contributed by atoms with van der Waals surface area (Å²) < 4.78 is 5.33. The summed E-state index contributed by atoms with van der Waals surface area (Å²) in [6, 6.07) is 9.99. The van der Waals surface area contributed by atoms with E-state index in [2.05, 4.69) is 29.5 Å². The van der Waals surface area contributed by atoms with Crippen LogP contribution in [-0.4, -0.2) is 27.6 Å². The van der Waals surface area contributed by atoms with E-state index < -0.39 is 5.60 Å². The third-order valence-electron chi connectivity index (χ3n) is 7.95. The van der Waals surface area contributed by atoms with Crippen LogP contribution in [0.25, 0.3) is 0 Å². The molecular weight excluding hydrogens is 402 g/mol. The van der Waals surface area contributed by atoms with Gasteiger partial charge in [0, 0.05) is 25.2 Å². The minimum atomic E-state index is -0.636. The summed E-state index contributed by atoms with van der Waals surface area (Å²) in [7, 11) is 0. The minimum Gasteiger partial charge on any atom is -0.467 e. The number of fused-ring (bicyclic) bond motifs is 1. The molecule has 32 heavy (non-hydrogen) atoms. The van der Waals surface area contributed by atoms with E-state index in [1.54, 1.807) is 6.26 Å². The van der Waals surface area contributed by atoms with Crippen LogP contribution in [0, 0.1) is 16.7 Å². The Morgan fingerprint density at radius 2 is 2.00 bits per heavy atom. The molecule has 6 nitrogen and oxygen atoms in total. The Hall–Kier alpha value is -2.18. The van der Waals surface area contributed by atoms with Crippen molar-refractivity contribution >= 4 is 5.91 Å². The molecule has 2 heterocycles. The summed E-state index contributed by atoms with van der Waals surface area (Å²) in [5.41, 5.74) is 0.477. The van der Waals surface area contributed by atoms with Gasteiger partial charge in [-0.05, 0) is 80.0 Å². The van der Waals surface area contributed by atoms with Gasteiger partial charge in [-0.2, -0.15) is 0 Å². The quantitative estimate of drug-likeness (QED) is 0.574. The van der Waals surface area contributed by atoms with Crippen molar-refractivity contribution < 1.29 is 14.3 Å². The SMILES string of the molecule is CC1(O)CCC2(CCC(=O)NCc3ccco3)C(NCc3ccccn3)CC(C)(C)C2C1. The molecule has 0 aromatic carbocycles. The number of carbonyl (C=O) groups is 1. The van der Waals surface area contributed by atoms with Gasteiger partial charge in [0.15, 0.2) is 0 Å². The Morgan fingerprint density at radius 1 is 1.16 bits per heavy atom. The van der Waals surface area contributed by atoms with Gasteiger partial charge in [0.2, 0.25) is 5.91 Å². The van der Waals surface area contributed by atoms with Crippen LogP contribution in [0.3, 0.4) is 0 Å². The number of amides is 1. The van der Waals surface area contributed by atoms with E-state index in [1.165, 1.54) is 0 Å². The van der Waals surface area contributed by atoms with E-state index in [1.807, 2.05) is 43.5 Å². The first kappa shape index (κ1) is 23.0. The molecule has 0 saturated heterocycles. The third kappa shape index (κ3) is 4.91. The zero-order valence-corrected chi connectivity index (χ0v) is 19.6. The predicted molar refractivity (Wildman–Crippen MR) is 123 cm³/mol. The second-order valence-electron chi connectivity index (χ2n) is 10.8. The lowest BCUT2D eigenvalue weighted by Crippen LogP contribution is -2.51. The first-order valence-corrected chi connectivity index (χ1v) is 11.9. The Morgan fingerprint density at radius 3 is 2.72 bits per heavy atom. The number of carbonyl (C=O) groups excluding carboxylic acids is 1. The number of hydrogen-bond acceptors (Lipinski definition) is 5. The highest BCUT2D eigenvalue weighted by molar-refractivity contribution is 5.75. The number of aromatic nitrogens is 1. The lowest BCUT2D eigenvalue weighted by atomic mass is 9.57. The van der Waals surface area contributed by atoms with E-state index in [9.17, 15) is 9.90 Å². The van der Waals surface area contributed by atoms with Crippen LogP contribution in [0.4, 0.5) is 0 Å². The van der Waals surface area contributed by atoms with Gasteiger partial charge in [-0.1, -0.05) is 19.9 Å². The molecule has 4 unspecified atom stereocenters. The molecule has 2 saturated carbocycles. The van der Waals surface area contributed by atoms with Crippen molar-refractivity contribution in [2.24, 2.45) is 16.7 Å². The molecule has 174 valence electrons. The lowest BCUT2D eigenvalue weighted by Gasteiger charge is -2.51. The summed E-state index contributed by atoms with van der Waals surface area (Å²) in [5, 5.41) is 17.7. The van der Waals surface area contributed by atoms with Crippen LogP contribution >= 0.6 is 0 Å². The fourth-order valence-corrected chi connectivity index (χ4v) is 6.28. The number of pyridine rings is 1. The number of hydrogen-bond donors (Lipinski definition) is 3. The van der Waals surface area contributed by atoms with Crippen molar-refractivity contribution in [3.8, 4) is 0 Å². The van der Waals surface area contributed by atoms with Gasteiger partial charge in [-0.3, -0.25) is 9.78 Å². The molecular formula is C26H37N3O3. The van der Waals surface area contributed by atoms with E-state index in [4.69, 9.17) is 4.42 Å². The van der Waals surface area contributed by atoms with Crippen molar-refractivity contribution in [3.63, 3.8) is 0 Å². The van der Waals surface area contributed by atoms with Gasteiger partial charge in [0.05, 0.1) is 24.1 Å². The number of aliphatic hydroxyl groups is 1. The number of furan rings is 1.